The smallest absolute Gasteiger partial charge is 0.302 e. The van der Waals surface area contributed by atoms with Crippen LogP contribution in [0.25, 0.3) is 18.8 Å². The van der Waals surface area contributed by atoms with E-state index in [1.54, 1.807) is 13.8 Å². The molecule has 0 aliphatic carbocycles. The van der Waals surface area contributed by atoms with Crippen LogP contribution in [-0.4, -0.2) is 33.3 Å². The lowest BCUT2D eigenvalue weighted by molar-refractivity contribution is -0.148. The average Bonchev–Trinajstić information content (AvgIpc) is 3.10. The van der Waals surface area contributed by atoms with Gasteiger partial charge in [0.15, 0.2) is 0 Å². The van der Waals surface area contributed by atoms with Gasteiger partial charge in [0.05, 0.1) is 13.1 Å². The Morgan fingerprint density at radius 1 is 0.688 bits per heavy atom. The summed E-state index contributed by atoms with van der Waals surface area (Å²) in [5.41, 5.74) is -2.37. The molecule has 0 fully saturated rings. The number of nitrogens with zero attached hydrogens (tertiary/aromatic N) is 2. The SMILES string of the molecule is CCC(Cn1c(=O)c2sc3c(=O)n(CC(CC)OC(C)=O)c(=O)c3sc2c1=O)OC(C)=O. The van der Waals surface area contributed by atoms with Gasteiger partial charge in [-0.1, -0.05) is 13.8 Å². The number of carbonyl (C=O) groups is 2. The summed E-state index contributed by atoms with van der Waals surface area (Å²) in [6.45, 7) is 5.79. The van der Waals surface area contributed by atoms with E-state index in [-0.39, 0.29) is 31.9 Å². The number of esters is 2. The van der Waals surface area contributed by atoms with Crippen molar-refractivity contribution >= 4 is 53.4 Å². The van der Waals surface area contributed by atoms with Gasteiger partial charge >= 0.3 is 11.9 Å². The second-order valence-corrected chi connectivity index (χ2v) is 9.28. The molecular weight excluding hydrogens is 460 g/mol. The maximum Gasteiger partial charge on any atom is 0.302 e. The van der Waals surface area contributed by atoms with E-state index in [1.807, 2.05) is 0 Å². The van der Waals surface area contributed by atoms with Gasteiger partial charge in [-0.15, -0.1) is 22.7 Å². The molecule has 0 aliphatic heterocycles. The fourth-order valence-corrected chi connectivity index (χ4v) is 5.75. The highest BCUT2D eigenvalue weighted by molar-refractivity contribution is 7.36. The number of hydrogen-bond donors (Lipinski definition) is 0. The topological polar surface area (TPSA) is 131 Å². The average molecular weight is 483 g/mol. The lowest BCUT2D eigenvalue weighted by Crippen LogP contribution is -2.33. The quantitative estimate of drug-likeness (QED) is 0.439. The number of ether oxygens (including phenoxy) is 2. The minimum absolute atomic E-state index is 0.0754. The predicted octanol–water partition coefficient (Wildman–Crippen LogP) is 1.28. The van der Waals surface area contributed by atoms with Gasteiger partial charge in [0.25, 0.3) is 22.2 Å². The Morgan fingerprint density at radius 3 is 1.19 bits per heavy atom. The molecule has 32 heavy (non-hydrogen) atoms. The van der Waals surface area contributed by atoms with Gasteiger partial charge in [-0.2, -0.15) is 0 Å². The number of aromatic nitrogens is 2. The summed E-state index contributed by atoms with van der Waals surface area (Å²) in [5, 5.41) is 0. The molecule has 2 atom stereocenters. The van der Waals surface area contributed by atoms with Crippen LogP contribution in [0.1, 0.15) is 40.5 Å². The fourth-order valence-electron chi connectivity index (χ4n) is 3.34. The molecule has 3 aromatic rings. The third-order valence-electron chi connectivity index (χ3n) is 4.93. The fraction of sp³-hybridized carbons (Fsp3) is 0.500. The first-order valence-corrected chi connectivity index (χ1v) is 11.6. The second-order valence-electron chi connectivity index (χ2n) is 7.24. The van der Waals surface area contributed by atoms with Crippen LogP contribution in [0, 0.1) is 0 Å². The van der Waals surface area contributed by atoms with Crippen LogP contribution in [0.15, 0.2) is 19.2 Å². The lowest BCUT2D eigenvalue weighted by Gasteiger charge is -2.14. The van der Waals surface area contributed by atoms with Crippen LogP contribution in [-0.2, 0) is 32.2 Å². The number of carbonyl (C=O) groups excluding carboxylic acids is 2. The molecule has 3 aromatic heterocycles. The highest BCUT2D eigenvalue weighted by atomic mass is 32.1. The normalized spacial score (nSPS) is 13.4. The first-order valence-electron chi connectivity index (χ1n) is 9.99. The molecule has 10 nitrogen and oxygen atoms in total. The highest BCUT2D eigenvalue weighted by Crippen LogP contribution is 2.26. The Kier molecular flexibility index (Phi) is 6.94. The number of rotatable bonds is 8. The van der Waals surface area contributed by atoms with Crippen molar-refractivity contribution in [1.82, 2.24) is 9.13 Å². The Hall–Kier alpha value is -2.86. The molecule has 12 heteroatoms. The van der Waals surface area contributed by atoms with Gasteiger partial charge in [0.1, 0.15) is 31.0 Å². The largest absolute Gasteiger partial charge is 0.461 e. The van der Waals surface area contributed by atoms with Gasteiger partial charge < -0.3 is 9.47 Å². The van der Waals surface area contributed by atoms with E-state index in [9.17, 15) is 28.8 Å². The molecule has 0 radical (unpaired) electrons. The molecular formula is C20H22N2O8S2. The Bertz CT molecular complexity index is 1230. The molecule has 3 rings (SSSR count). The van der Waals surface area contributed by atoms with E-state index in [0.717, 1.165) is 31.8 Å². The zero-order valence-corrected chi connectivity index (χ0v) is 19.6. The van der Waals surface area contributed by atoms with Crippen LogP contribution >= 0.6 is 22.7 Å². The van der Waals surface area contributed by atoms with Crippen LogP contribution in [0.3, 0.4) is 0 Å². The van der Waals surface area contributed by atoms with E-state index >= 15 is 0 Å². The molecule has 0 N–H and O–H groups in total. The van der Waals surface area contributed by atoms with Crippen molar-refractivity contribution in [2.75, 3.05) is 0 Å². The van der Waals surface area contributed by atoms with Crippen molar-refractivity contribution in [2.45, 2.75) is 65.8 Å². The number of fused-ring (bicyclic) bond motifs is 2. The Morgan fingerprint density at radius 2 is 0.969 bits per heavy atom. The van der Waals surface area contributed by atoms with Gasteiger partial charge in [0, 0.05) is 13.8 Å². The van der Waals surface area contributed by atoms with Gasteiger partial charge in [-0.05, 0) is 12.8 Å². The van der Waals surface area contributed by atoms with Crippen molar-refractivity contribution in [3.8, 4) is 0 Å². The van der Waals surface area contributed by atoms with E-state index < -0.39 is 46.4 Å². The molecule has 0 aromatic carbocycles. The van der Waals surface area contributed by atoms with Gasteiger partial charge in [-0.3, -0.25) is 37.9 Å². The zero-order valence-electron chi connectivity index (χ0n) is 18.0. The molecule has 0 aliphatic rings. The van der Waals surface area contributed by atoms with Crippen molar-refractivity contribution < 1.29 is 19.1 Å². The van der Waals surface area contributed by atoms with Crippen LogP contribution < -0.4 is 22.2 Å². The van der Waals surface area contributed by atoms with Gasteiger partial charge in [-0.25, -0.2) is 0 Å². The third-order valence-corrected chi connectivity index (χ3v) is 7.52. The van der Waals surface area contributed by atoms with E-state index in [1.165, 1.54) is 13.8 Å². The molecule has 2 unspecified atom stereocenters. The van der Waals surface area contributed by atoms with E-state index in [2.05, 4.69) is 0 Å². The molecule has 3 heterocycles. The molecule has 0 bridgehead atoms. The van der Waals surface area contributed by atoms with Crippen molar-refractivity contribution in [2.24, 2.45) is 0 Å². The molecule has 0 saturated heterocycles. The highest BCUT2D eigenvalue weighted by Gasteiger charge is 2.24. The first-order chi connectivity index (χ1) is 15.1. The monoisotopic (exact) mass is 482 g/mol. The predicted molar refractivity (Wildman–Crippen MR) is 121 cm³/mol. The maximum absolute atomic E-state index is 12.9. The molecule has 172 valence electrons. The van der Waals surface area contributed by atoms with Crippen molar-refractivity contribution in [1.29, 1.82) is 0 Å². The van der Waals surface area contributed by atoms with Crippen LogP contribution in [0.5, 0.6) is 0 Å². The number of hydrogen-bond acceptors (Lipinski definition) is 10. The second kappa shape index (κ2) is 9.33. The van der Waals surface area contributed by atoms with Crippen LogP contribution in [0.4, 0.5) is 0 Å². The molecule has 0 amide bonds. The minimum Gasteiger partial charge on any atom is -0.461 e. The summed E-state index contributed by atoms with van der Waals surface area (Å²) in [6.07, 6.45) is -0.489. The summed E-state index contributed by atoms with van der Waals surface area (Å²) in [5.74, 6) is -1.04. The van der Waals surface area contributed by atoms with E-state index in [4.69, 9.17) is 9.47 Å². The third kappa shape index (κ3) is 4.37. The molecule has 0 saturated carbocycles. The lowest BCUT2D eigenvalue weighted by atomic mass is 10.3. The first kappa shape index (κ1) is 23.8. The summed E-state index contributed by atoms with van der Waals surface area (Å²) >= 11 is 1.60. The van der Waals surface area contributed by atoms with Crippen molar-refractivity contribution in [3.05, 3.63) is 41.4 Å². The van der Waals surface area contributed by atoms with Crippen molar-refractivity contribution in [3.63, 3.8) is 0 Å². The van der Waals surface area contributed by atoms with E-state index in [0.29, 0.717) is 12.8 Å². The van der Waals surface area contributed by atoms with Crippen LogP contribution in [0.2, 0.25) is 0 Å². The summed E-state index contributed by atoms with van der Waals surface area (Å²) in [7, 11) is 0. The maximum atomic E-state index is 12.9. The van der Waals surface area contributed by atoms with Gasteiger partial charge in [0.2, 0.25) is 0 Å². The Labute approximate surface area is 189 Å². The zero-order chi connectivity index (χ0) is 23.7. The standard InChI is InChI=1S/C20H22N2O8S2/c1-5-11(29-9(3)23)7-21-17(25)13-14(18(21)26)32-16-15(31-13)19(27)22(20(16)28)8-12(6-2)30-10(4)24/h11-12H,5-8H2,1-4H3. The Balaban J connectivity index is 2.12. The summed E-state index contributed by atoms with van der Waals surface area (Å²) in [4.78, 5) is 74.0. The molecule has 0 spiro atoms. The summed E-state index contributed by atoms with van der Waals surface area (Å²) in [6, 6.07) is 0. The minimum atomic E-state index is -0.650. The summed E-state index contributed by atoms with van der Waals surface area (Å²) < 4.78 is 12.5.